The number of likely N-dealkylation sites (N-methyl/N-ethyl adjacent to an activating group) is 1. The van der Waals surface area contributed by atoms with Crippen molar-refractivity contribution >= 4 is 0 Å². The second kappa shape index (κ2) is 8.90. The van der Waals surface area contributed by atoms with Crippen LogP contribution in [0.5, 0.6) is 11.5 Å². The van der Waals surface area contributed by atoms with Crippen molar-refractivity contribution in [2.45, 2.75) is 45.6 Å². The van der Waals surface area contributed by atoms with Crippen LogP contribution >= 0.6 is 0 Å². The van der Waals surface area contributed by atoms with E-state index in [1.807, 2.05) is 25.1 Å². The van der Waals surface area contributed by atoms with Gasteiger partial charge in [0.15, 0.2) is 11.5 Å². The van der Waals surface area contributed by atoms with Crippen LogP contribution in [0, 0.1) is 6.92 Å². The highest BCUT2D eigenvalue weighted by molar-refractivity contribution is 5.42. The fourth-order valence-corrected chi connectivity index (χ4v) is 2.50. The van der Waals surface area contributed by atoms with Crippen LogP contribution in [-0.4, -0.2) is 37.5 Å². The van der Waals surface area contributed by atoms with Crippen LogP contribution in [0.4, 0.5) is 0 Å². The van der Waals surface area contributed by atoms with E-state index in [0.29, 0.717) is 6.61 Å². The minimum atomic E-state index is -0.185. The molecule has 0 saturated heterocycles. The van der Waals surface area contributed by atoms with Crippen molar-refractivity contribution in [3.63, 3.8) is 0 Å². The molecule has 4 nitrogen and oxygen atoms in total. The molecule has 1 aromatic rings. The predicted molar refractivity (Wildman–Crippen MR) is 86.2 cm³/mol. The fourth-order valence-electron chi connectivity index (χ4n) is 2.50. The third kappa shape index (κ3) is 5.21. The van der Waals surface area contributed by atoms with E-state index in [0.717, 1.165) is 42.9 Å². The van der Waals surface area contributed by atoms with Gasteiger partial charge in [0.1, 0.15) is 0 Å². The number of methoxy groups -OCH3 is 1. The van der Waals surface area contributed by atoms with Gasteiger partial charge in [-0.2, -0.15) is 0 Å². The molecule has 0 aliphatic carbocycles. The van der Waals surface area contributed by atoms with E-state index in [4.69, 9.17) is 9.47 Å². The average Bonchev–Trinajstić information content (AvgIpc) is 2.51. The number of benzene rings is 1. The summed E-state index contributed by atoms with van der Waals surface area (Å²) in [5, 5.41) is 13.0. The highest BCUT2D eigenvalue weighted by atomic mass is 16.5. The molecule has 0 bridgehead atoms. The van der Waals surface area contributed by atoms with Gasteiger partial charge in [-0.3, -0.25) is 0 Å². The number of nitrogens with one attached hydrogen (secondary N) is 1. The van der Waals surface area contributed by atoms with Gasteiger partial charge in [-0.25, -0.2) is 0 Å². The smallest absolute Gasteiger partial charge is 0.161 e. The van der Waals surface area contributed by atoms with E-state index in [1.165, 1.54) is 0 Å². The number of rotatable bonds is 10. The Balaban J connectivity index is 2.50. The Morgan fingerprint density at radius 2 is 2.00 bits per heavy atom. The van der Waals surface area contributed by atoms with Gasteiger partial charge in [-0.1, -0.05) is 19.9 Å². The molecular weight excluding hydrogens is 266 g/mol. The second-order valence-electron chi connectivity index (χ2n) is 5.43. The Morgan fingerprint density at radius 3 is 2.57 bits per heavy atom. The van der Waals surface area contributed by atoms with Crippen LogP contribution in [0.15, 0.2) is 18.2 Å². The summed E-state index contributed by atoms with van der Waals surface area (Å²) in [6.45, 7) is 7.83. The molecule has 2 N–H and O–H groups in total. The van der Waals surface area contributed by atoms with Crippen LogP contribution in [0.2, 0.25) is 0 Å². The molecule has 0 aliphatic heterocycles. The summed E-state index contributed by atoms with van der Waals surface area (Å²) in [6.07, 6.45) is 2.69. The largest absolute Gasteiger partial charge is 0.493 e. The van der Waals surface area contributed by atoms with Crippen molar-refractivity contribution in [3.8, 4) is 11.5 Å². The van der Waals surface area contributed by atoms with Crippen molar-refractivity contribution in [2.24, 2.45) is 0 Å². The van der Waals surface area contributed by atoms with Crippen LogP contribution in [0.25, 0.3) is 0 Å². The summed E-state index contributed by atoms with van der Waals surface area (Å²) in [7, 11) is 1.65. The van der Waals surface area contributed by atoms with E-state index in [2.05, 4.69) is 19.2 Å². The highest BCUT2D eigenvalue weighted by Gasteiger charge is 2.25. The molecule has 4 heteroatoms. The maximum absolute atomic E-state index is 9.61. The molecule has 0 spiro atoms. The summed E-state index contributed by atoms with van der Waals surface area (Å²) in [6, 6.07) is 5.93. The van der Waals surface area contributed by atoms with Crippen molar-refractivity contribution in [1.29, 1.82) is 0 Å². The summed E-state index contributed by atoms with van der Waals surface area (Å²) < 4.78 is 11.1. The van der Waals surface area contributed by atoms with Gasteiger partial charge in [0, 0.05) is 5.54 Å². The molecule has 0 amide bonds. The lowest BCUT2D eigenvalue weighted by atomic mass is 9.91. The molecule has 1 rings (SSSR count). The molecule has 0 aliphatic rings. The Labute approximate surface area is 128 Å². The van der Waals surface area contributed by atoms with Gasteiger partial charge >= 0.3 is 0 Å². The van der Waals surface area contributed by atoms with Gasteiger partial charge in [-0.05, 0) is 50.4 Å². The lowest BCUT2D eigenvalue weighted by molar-refractivity contribution is 0.139. The third-order valence-corrected chi connectivity index (χ3v) is 3.91. The molecule has 0 fully saturated rings. The molecule has 0 aromatic heterocycles. The van der Waals surface area contributed by atoms with E-state index < -0.39 is 0 Å². The lowest BCUT2D eigenvalue weighted by Gasteiger charge is -2.31. The number of aryl methyl sites for hydroxylation is 1. The monoisotopic (exact) mass is 295 g/mol. The van der Waals surface area contributed by atoms with Crippen LogP contribution in [0.3, 0.4) is 0 Å². The Bertz CT molecular complexity index is 416. The van der Waals surface area contributed by atoms with Gasteiger partial charge in [0.25, 0.3) is 0 Å². The highest BCUT2D eigenvalue weighted by Crippen LogP contribution is 2.28. The van der Waals surface area contributed by atoms with Gasteiger partial charge in [-0.15, -0.1) is 0 Å². The normalized spacial score (nSPS) is 13.8. The van der Waals surface area contributed by atoms with Gasteiger partial charge < -0.3 is 19.9 Å². The molecule has 1 unspecified atom stereocenters. The SMILES string of the molecule is CCNC(CC)(CO)CCCOc1ccc(C)cc1OC. The summed E-state index contributed by atoms with van der Waals surface area (Å²) in [5.41, 5.74) is 0.965. The molecule has 21 heavy (non-hydrogen) atoms. The molecule has 0 heterocycles. The summed E-state index contributed by atoms with van der Waals surface area (Å²) in [5.74, 6) is 1.54. The van der Waals surface area contributed by atoms with Crippen molar-refractivity contribution in [2.75, 3.05) is 26.9 Å². The maximum Gasteiger partial charge on any atom is 0.161 e. The Hall–Kier alpha value is -1.26. The van der Waals surface area contributed by atoms with Crippen molar-refractivity contribution in [3.05, 3.63) is 23.8 Å². The van der Waals surface area contributed by atoms with Gasteiger partial charge in [0.05, 0.1) is 20.3 Å². The number of ether oxygens (including phenoxy) is 2. The van der Waals surface area contributed by atoms with E-state index >= 15 is 0 Å². The van der Waals surface area contributed by atoms with Crippen molar-refractivity contribution in [1.82, 2.24) is 5.32 Å². The quantitative estimate of drug-likeness (QED) is 0.652. The molecule has 0 saturated carbocycles. The average molecular weight is 295 g/mol. The van der Waals surface area contributed by atoms with E-state index in [9.17, 15) is 5.11 Å². The first kappa shape index (κ1) is 17.8. The minimum Gasteiger partial charge on any atom is -0.493 e. The van der Waals surface area contributed by atoms with Crippen LogP contribution in [-0.2, 0) is 0 Å². The predicted octanol–water partition coefficient (Wildman–Crippen LogP) is 2.91. The Morgan fingerprint density at radius 1 is 1.24 bits per heavy atom. The number of aliphatic hydroxyl groups is 1. The number of hydrogen-bond acceptors (Lipinski definition) is 4. The molecular formula is C17H29NO3. The maximum atomic E-state index is 9.61. The zero-order valence-corrected chi connectivity index (χ0v) is 13.7. The van der Waals surface area contributed by atoms with Crippen molar-refractivity contribution < 1.29 is 14.6 Å². The first-order valence-electron chi connectivity index (χ1n) is 7.74. The molecule has 1 aromatic carbocycles. The van der Waals surface area contributed by atoms with Crippen LogP contribution in [0.1, 0.15) is 38.7 Å². The zero-order chi connectivity index (χ0) is 15.7. The van der Waals surface area contributed by atoms with Crippen LogP contribution < -0.4 is 14.8 Å². The third-order valence-electron chi connectivity index (χ3n) is 3.91. The number of aliphatic hydroxyl groups excluding tert-OH is 1. The first-order valence-corrected chi connectivity index (χ1v) is 7.74. The standard InChI is InChI=1S/C17H29NO3/c1-5-17(13-19,18-6-2)10-7-11-21-15-9-8-14(3)12-16(15)20-4/h8-9,12,18-19H,5-7,10-11,13H2,1-4H3. The zero-order valence-electron chi connectivity index (χ0n) is 13.7. The summed E-state index contributed by atoms with van der Waals surface area (Å²) >= 11 is 0. The number of hydrogen-bond donors (Lipinski definition) is 2. The van der Waals surface area contributed by atoms with Gasteiger partial charge in [0.2, 0.25) is 0 Å². The molecule has 0 radical (unpaired) electrons. The molecule has 1 atom stereocenters. The fraction of sp³-hybridized carbons (Fsp3) is 0.647. The topological polar surface area (TPSA) is 50.7 Å². The first-order chi connectivity index (χ1) is 10.1. The van der Waals surface area contributed by atoms with E-state index in [-0.39, 0.29) is 12.1 Å². The minimum absolute atomic E-state index is 0.158. The second-order valence-corrected chi connectivity index (χ2v) is 5.43. The van der Waals surface area contributed by atoms with E-state index in [1.54, 1.807) is 7.11 Å². The lowest BCUT2D eigenvalue weighted by Crippen LogP contribution is -2.48. The molecule has 120 valence electrons. The Kier molecular flexibility index (Phi) is 7.54. The summed E-state index contributed by atoms with van der Waals surface area (Å²) in [4.78, 5) is 0.